The summed E-state index contributed by atoms with van der Waals surface area (Å²) in [6.07, 6.45) is 2.20. The lowest BCUT2D eigenvalue weighted by atomic mass is 9.74. The zero-order chi connectivity index (χ0) is 16.0. The van der Waals surface area contributed by atoms with E-state index in [1.165, 1.54) is 11.1 Å². The molecule has 3 rings (SSSR count). The van der Waals surface area contributed by atoms with Gasteiger partial charge in [0, 0.05) is 31.7 Å². The summed E-state index contributed by atoms with van der Waals surface area (Å²) in [5.41, 5.74) is 3.07. The lowest BCUT2D eigenvalue weighted by Crippen LogP contribution is -2.43. The van der Waals surface area contributed by atoms with Crippen LogP contribution in [0.2, 0.25) is 0 Å². The summed E-state index contributed by atoms with van der Waals surface area (Å²) in [5, 5.41) is 3.74. The van der Waals surface area contributed by atoms with Gasteiger partial charge in [-0.25, -0.2) is 0 Å². The van der Waals surface area contributed by atoms with Crippen LogP contribution in [0.25, 0.3) is 0 Å². The van der Waals surface area contributed by atoms with E-state index in [9.17, 15) is 0 Å². The van der Waals surface area contributed by atoms with E-state index in [0.29, 0.717) is 5.92 Å². The number of hydrogen-bond acceptors (Lipinski definition) is 2. The van der Waals surface area contributed by atoms with Crippen molar-refractivity contribution in [2.24, 2.45) is 0 Å². The molecule has 0 amide bonds. The van der Waals surface area contributed by atoms with Gasteiger partial charge in [0.15, 0.2) is 0 Å². The van der Waals surface area contributed by atoms with Crippen LogP contribution in [-0.2, 0) is 10.2 Å². The molecule has 1 aliphatic rings. The summed E-state index contributed by atoms with van der Waals surface area (Å²) in [4.78, 5) is 0. The highest BCUT2D eigenvalue weighted by Crippen LogP contribution is 2.34. The molecule has 2 aromatic rings. The van der Waals surface area contributed by atoms with Gasteiger partial charge in [0.1, 0.15) is 0 Å². The second-order valence-electron chi connectivity index (χ2n) is 6.70. The number of nitrogens with one attached hydrogen (secondary N) is 1. The third kappa shape index (κ3) is 4.01. The standard InChI is InChI=1S/C21H27NO/c1-18(19-8-4-2-5-9-19)16-22-17-21(12-14-23-15-13-21)20-10-6-3-7-11-20/h2-11,18,22H,12-17H2,1H3. The average molecular weight is 309 g/mol. The molecule has 122 valence electrons. The van der Waals surface area contributed by atoms with Gasteiger partial charge >= 0.3 is 0 Å². The first-order valence-corrected chi connectivity index (χ1v) is 8.69. The molecular formula is C21H27NO. The van der Waals surface area contributed by atoms with E-state index in [0.717, 1.165) is 39.1 Å². The van der Waals surface area contributed by atoms with Crippen LogP contribution in [0.4, 0.5) is 0 Å². The van der Waals surface area contributed by atoms with E-state index in [1.807, 2.05) is 0 Å². The predicted molar refractivity (Wildman–Crippen MR) is 95.9 cm³/mol. The third-order valence-corrected chi connectivity index (χ3v) is 5.12. The van der Waals surface area contributed by atoms with E-state index >= 15 is 0 Å². The Labute approximate surface area is 139 Å². The van der Waals surface area contributed by atoms with Crippen molar-refractivity contribution in [3.8, 4) is 0 Å². The fourth-order valence-electron chi connectivity index (χ4n) is 3.55. The van der Waals surface area contributed by atoms with Crippen LogP contribution < -0.4 is 5.32 Å². The van der Waals surface area contributed by atoms with Crippen molar-refractivity contribution in [1.29, 1.82) is 0 Å². The molecule has 1 unspecified atom stereocenters. The van der Waals surface area contributed by atoms with E-state index in [4.69, 9.17) is 4.74 Å². The molecule has 0 radical (unpaired) electrons. The Morgan fingerprint density at radius 2 is 1.57 bits per heavy atom. The maximum absolute atomic E-state index is 5.62. The Balaban J connectivity index is 1.63. The summed E-state index contributed by atoms with van der Waals surface area (Å²) in [7, 11) is 0. The van der Waals surface area contributed by atoms with Gasteiger partial charge in [0.2, 0.25) is 0 Å². The molecule has 1 saturated heterocycles. The van der Waals surface area contributed by atoms with Crippen LogP contribution in [-0.4, -0.2) is 26.3 Å². The quantitative estimate of drug-likeness (QED) is 0.866. The SMILES string of the molecule is CC(CNCC1(c2ccccc2)CCOCC1)c1ccccc1. The first-order valence-electron chi connectivity index (χ1n) is 8.69. The van der Waals surface area contributed by atoms with E-state index < -0.39 is 0 Å². The fourth-order valence-corrected chi connectivity index (χ4v) is 3.55. The number of hydrogen-bond donors (Lipinski definition) is 1. The van der Waals surface area contributed by atoms with Crippen molar-refractivity contribution in [3.05, 3.63) is 71.8 Å². The summed E-state index contributed by atoms with van der Waals surface area (Å²) < 4.78 is 5.62. The van der Waals surface area contributed by atoms with Crippen molar-refractivity contribution in [1.82, 2.24) is 5.32 Å². The van der Waals surface area contributed by atoms with Crippen molar-refractivity contribution in [2.45, 2.75) is 31.1 Å². The largest absolute Gasteiger partial charge is 0.381 e. The molecule has 2 aromatic carbocycles. The number of ether oxygens (including phenoxy) is 1. The second-order valence-corrected chi connectivity index (χ2v) is 6.70. The first kappa shape index (κ1) is 16.2. The summed E-state index contributed by atoms with van der Waals surface area (Å²) in [6.45, 7) is 6.06. The summed E-state index contributed by atoms with van der Waals surface area (Å²) >= 11 is 0. The van der Waals surface area contributed by atoms with Crippen LogP contribution in [0.5, 0.6) is 0 Å². The highest BCUT2D eigenvalue weighted by molar-refractivity contribution is 5.27. The van der Waals surface area contributed by atoms with Crippen LogP contribution >= 0.6 is 0 Å². The van der Waals surface area contributed by atoms with E-state index in [1.54, 1.807) is 0 Å². The molecule has 2 nitrogen and oxygen atoms in total. The van der Waals surface area contributed by atoms with Crippen molar-refractivity contribution in [2.75, 3.05) is 26.3 Å². The molecule has 1 aliphatic heterocycles. The first-order chi connectivity index (χ1) is 11.3. The number of rotatable bonds is 6. The molecule has 0 spiro atoms. The Morgan fingerprint density at radius 3 is 2.22 bits per heavy atom. The van der Waals surface area contributed by atoms with Gasteiger partial charge in [-0.05, 0) is 29.9 Å². The minimum Gasteiger partial charge on any atom is -0.381 e. The fraction of sp³-hybridized carbons (Fsp3) is 0.429. The molecule has 0 bridgehead atoms. The van der Waals surface area contributed by atoms with Gasteiger partial charge in [-0.2, -0.15) is 0 Å². The normalized spacial score (nSPS) is 18.5. The Bertz CT molecular complexity index is 575. The van der Waals surface area contributed by atoms with Gasteiger partial charge in [0.25, 0.3) is 0 Å². The van der Waals surface area contributed by atoms with Crippen LogP contribution in [0.1, 0.15) is 36.8 Å². The topological polar surface area (TPSA) is 21.3 Å². The van der Waals surface area contributed by atoms with Gasteiger partial charge in [-0.15, -0.1) is 0 Å². The Morgan fingerprint density at radius 1 is 0.957 bits per heavy atom. The summed E-state index contributed by atoms with van der Waals surface area (Å²) in [5.74, 6) is 0.531. The molecular weight excluding hydrogens is 282 g/mol. The molecule has 1 fully saturated rings. The summed E-state index contributed by atoms with van der Waals surface area (Å²) in [6, 6.07) is 21.7. The Kier molecular flexibility index (Phi) is 5.47. The van der Waals surface area contributed by atoms with Crippen molar-refractivity contribution in [3.63, 3.8) is 0 Å². The second kappa shape index (κ2) is 7.76. The third-order valence-electron chi connectivity index (χ3n) is 5.12. The molecule has 0 aliphatic carbocycles. The van der Waals surface area contributed by atoms with E-state index in [2.05, 4.69) is 72.9 Å². The maximum atomic E-state index is 5.62. The Hall–Kier alpha value is -1.64. The van der Waals surface area contributed by atoms with Crippen LogP contribution in [0.3, 0.4) is 0 Å². The minimum atomic E-state index is 0.218. The van der Waals surface area contributed by atoms with Gasteiger partial charge in [0.05, 0.1) is 0 Å². The molecule has 1 atom stereocenters. The van der Waals surface area contributed by atoms with Crippen molar-refractivity contribution >= 4 is 0 Å². The lowest BCUT2D eigenvalue weighted by molar-refractivity contribution is 0.0498. The average Bonchev–Trinajstić information content (AvgIpc) is 2.64. The van der Waals surface area contributed by atoms with Gasteiger partial charge in [-0.1, -0.05) is 67.6 Å². The number of benzene rings is 2. The highest BCUT2D eigenvalue weighted by Gasteiger charge is 2.33. The molecule has 0 saturated carbocycles. The highest BCUT2D eigenvalue weighted by atomic mass is 16.5. The van der Waals surface area contributed by atoms with Crippen molar-refractivity contribution < 1.29 is 4.74 Å². The van der Waals surface area contributed by atoms with E-state index in [-0.39, 0.29) is 5.41 Å². The monoisotopic (exact) mass is 309 g/mol. The van der Waals surface area contributed by atoms with Crippen LogP contribution in [0, 0.1) is 0 Å². The predicted octanol–water partition coefficient (Wildman–Crippen LogP) is 4.13. The molecule has 2 heteroatoms. The zero-order valence-corrected chi connectivity index (χ0v) is 14.0. The van der Waals surface area contributed by atoms with Gasteiger partial charge < -0.3 is 10.1 Å². The zero-order valence-electron chi connectivity index (χ0n) is 14.0. The minimum absolute atomic E-state index is 0.218. The van der Waals surface area contributed by atoms with Gasteiger partial charge in [-0.3, -0.25) is 0 Å². The maximum Gasteiger partial charge on any atom is 0.0475 e. The molecule has 23 heavy (non-hydrogen) atoms. The molecule has 1 N–H and O–H groups in total. The smallest absolute Gasteiger partial charge is 0.0475 e. The molecule has 0 aromatic heterocycles. The lowest BCUT2D eigenvalue weighted by Gasteiger charge is -2.38. The van der Waals surface area contributed by atoms with Crippen LogP contribution in [0.15, 0.2) is 60.7 Å². The molecule has 1 heterocycles.